The van der Waals surface area contributed by atoms with Crippen molar-refractivity contribution >= 4 is 55.2 Å². The maximum absolute atomic E-state index is 12.8. The van der Waals surface area contributed by atoms with E-state index in [1.807, 2.05) is 0 Å². The Morgan fingerprint density at radius 1 is 0.944 bits per heavy atom. The lowest BCUT2D eigenvalue weighted by atomic mass is 10.1. The highest BCUT2D eigenvalue weighted by Gasteiger charge is 2.17. The predicted molar refractivity (Wildman–Crippen MR) is 137 cm³/mol. The normalized spacial score (nSPS) is 12.7. The molecular formula is C23H22Cl2N2O7S2. The van der Waals surface area contributed by atoms with Crippen molar-refractivity contribution < 1.29 is 30.4 Å². The molecule has 9 nitrogen and oxygen atoms in total. The molecule has 3 aromatic carbocycles. The maximum Gasteiger partial charge on any atom is 0.397 e. The summed E-state index contributed by atoms with van der Waals surface area (Å²) in [6.07, 6.45) is 0. The summed E-state index contributed by atoms with van der Waals surface area (Å²) in [7, 11) is -8.26. The van der Waals surface area contributed by atoms with Crippen molar-refractivity contribution in [3.63, 3.8) is 0 Å². The molecular weight excluding hydrogens is 551 g/mol. The average Bonchev–Trinajstić information content (AvgIpc) is 2.80. The quantitative estimate of drug-likeness (QED) is 0.300. The Bertz CT molecular complexity index is 1440. The first-order chi connectivity index (χ1) is 16.8. The van der Waals surface area contributed by atoms with Gasteiger partial charge in [0, 0.05) is 5.69 Å². The lowest BCUT2D eigenvalue weighted by Crippen LogP contribution is -2.31. The first kappa shape index (κ1) is 27.9. The number of sulfone groups is 1. The lowest BCUT2D eigenvalue weighted by molar-refractivity contribution is 0.249. The highest BCUT2D eigenvalue weighted by molar-refractivity contribution is 7.90. The minimum absolute atomic E-state index is 0.0614. The number of nitrogens with one attached hydrogen (secondary N) is 2. The molecule has 0 heterocycles. The van der Waals surface area contributed by atoms with Gasteiger partial charge in [-0.05, 0) is 53.9 Å². The van der Waals surface area contributed by atoms with E-state index in [-0.39, 0.29) is 17.3 Å². The molecule has 0 aromatic heterocycles. The average molecular weight is 573 g/mol. The van der Waals surface area contributed by atoms with Gasteiger partial charge in [0.1, 0.15) is 0 Å². The van der Waals surface area contributed by atoms with Gasteiger partial charge in [0.2, 0.25) is 0 Å². The van der Waals surface area contributed by atoms with Crippen LogP contribution in [0.3, 0.4) is 0 Å². The smallest absolute Gasteiger partial charge is 0.331 e. The summed E-state index contributed by atoms with van der Waals surface area (Å²) in [5.74, 6) is -0.294. The lowest BCUT2D eigenvalue weighted by Gasteiger charge is -2.17. The molecule has 3 N–H and O–H groups in total. The van der Waals surface area contributed by atoms with Gasteiger partial charge in [-0.3, -0.25) is 4.55 Å². The molecule has 36 heavy (non-hydrogen) atoms. The number of amides is 2. The van der Waals surface area contributed by atoms with Gasteiger partial charge in [0.05, 0.1) is 33.3 Å². The molecule has 13 heteroatoms. The van der Waals surface area contributed by atoms with Crippen molar-refractivity contribution in [2.75, 3.05) is 5.32 Å². The van der Waals surface area contributed by atoms with Gasteiger partial charge in [0.25, 0.3) is 0 Å². The third-order valence-electron chi connectivity index (χ3n) is 5.02. The SMILES string of the molecule is C[C@H](NC(=O)Nc1ccc(S(=O)(=O)Cc2ccc(COS(=O)(=O)O)cc2)cc1)c1cccc(Cl)c1Cl. The van der Waals surface area contributed by atoms with Gasteiger partial charge in [-0.15, -0.1) is 0 Å². The van der Waals surface area contributed by atoms with Gasteiger partial charge >= 0.3 is 16.4 Å². The summed E-state index contributed by atoms with van der Waals surface area (Å²) in [4.78, 5) is 12.4. The molecule has 3 aromatic rings. The molecule has 0 aliphatic rings. The first-order valence-electron chi connectivity index (χ1n) is 10.4. The molecule has 0 spiro atoms. The van der Waals surface area contributed by atoms with Crippen molar-refractivity contribution in [2.24, 2.45) is 0 Å². The van der Waals surface area contributed by atoms with Gasteiger partial charge in [-0.1, -0.05) is 59.6 Å². The Hall–Kier alpha value is -2.67. The Balaban J connectivity index is 1.59. The van der Waals surface area contributed by atoms with E-state index in [2.05, 4.69) is 14.8 Å². The Morgan fingerprint density at radius 2 is 1.56 bits per heavy atom. The van der Waals surface area contributed by atoms with E-state index in [1.54, 1.807) is 25.1 Å². The van der Waals surface area contributed by atoms with Gasteiger partial charge in [-0.2, -0.15) is 8.42 Å². The molecule has 3 rings (SSSR count). The summed E-state index contributed by atoms with van der Waals surface area (Å²) in [5.41, 5.74) is 1.95. The highest BCUT2D eigenvalue weighted by atomic mass is 35.5. The van der Waals surface area contributed by atoms with Crippen molar-refractivity contribution in [1.82, 2.24) is 5.32 Å². The Morgan fingerprint density at radius 3 is 2.17 bits per heavy atom. The second-order valence-electron chi connectivity index (χ2n) is 7.75. The minimum atomic E-state index is -4.57. The second kappa shape index (κ2) is 11.6. The number of hydrogen-bond acceptors (Lipinski definition) is 6. The summed E-state index contributed by atoms with van der Waals surface area (Å²) in [6, 6.07) is 15.9. The number of rotatable bonds is 9. The molecule has 0 saturated carbocycles. The van der Waals surface area contributed by atoms with Crippen LogP contribution < -0.4 is 10.6 Å². The standard InChI is InChI=1S/C23H22Cl2N2O7S2/c1-15(20-3-2-4-21(24)22(20)25)26-23(28)27-18-9-11-19(12-10-18)35(29,30)14-17-7-5-16(6-8-17)13-34-36(31,32)33/h2-12,15H,13-14H2,1H3,(H2,26,27,28)(H,31,32,33)/t15-/m0/s1. The van der Waals surface area contributed by atoms with Crippen molar-refractivity contribution in [2.45, 2.75) is 30.2 Å². The molecule has 0 unspecified atom stereocenters. The fourth-order valence-electron chi connectivity index (χ4n) is 3.22. The molecule has 0 saturated heterocycles. The fourth-order valence-corrected chi connectivity index (χ4v) is 5.32. The van der Waals surface area contributed by atoms with Crippen LogP contribution in [0.2, 0.25) is 10.0 Å². The van der Waals surface area contributed by atoms with Crippen LogP contribution in [0.25, 0.3) is 0 Å². The van der Waals surface area contributed by atoms with E-state index < -0.39 is 32.3 Å². The molecule has 0 aliphatic carbocycles. The van der Waals surface area contributed by atoms with Gasteiger partial charge < -0.3 is 10.6 Å². The molecule has 0 bridgehead atoms. The largest absolute Gasteiger partial charge is 0.397 e. The number of carbonyl (C=O) groups is 1. The zero-order chi connectivity index (χ0) is 26.5. The van der Waals surface area contributed by atoms with Crippen LogP contribution in [0, 0.1) is 0 Å². The van der Waals surface area contributed by atoms with Crippen LogP contribution in [0.5, 0.6) is 0 Å². The Kier molecular flexibility index (Phi) is 8.98. The number of benzene rings is 3. The van der Waals surface area contributed by atoms with E-state index in [9.17, 15) is 21.6 Å². The van der Waals surface area contributed by atoms with E-state index in [4.69, 9.17) is 27.8 Å². The van der Waals surface area contributed by atoms with Crippen LogP contribution >= 0.6 is 23.2 Å². The van der Waals surface area contributed by atoms with E-state index in [0.717, 1.165) is 0 Å². The van der Waals surface area contributed by atoms with Crippen LogP contribution in [0.4, 0.5) is 10.5 Å². The summed E-state index contributed by atoms with van der Waals surface area (Å²) >= 11 is 12.2. The topological polar surface area (TPSA) is 139 Å². The predicted octanol–water partition coefficient (Wildman–Crippen LogP) is 5.17. The Labute approximate surface area is 219 Å². The number of hydrogen-bond donors (Lipinski definition) is 3. The van der Waals surface area contributed by atoms with Crippen molar-refractivity contribution in [3.8, 4) is 0 Å². The zero-order valence-corrected chi connectivity index (χ0v) is 22.0. The van der Waals surface area contributed by atoms with Crippen LogP contribution in [-0.4, -0.2) is 27.4 Å². The van der Waals surface area contributed by atoms with Crippen LogP contribution in [0.15, 0.2) is 71.6 Å². The fraction of sp³-hybridized carbons (Fsp3) is 0.174. The van der Waals surface area contributed by atoms with Crippen LogP contribution in [-0.2, 0) is 36.8 Å². The summed E-state index contributed by atoms with van der Waals surface area (Å²) in [5, 5.41) is 6.11. The van der Waals surface area contributed by atoms with E-state index in [0.29, 0.717) is 32.4 Å². The van der Waals surface area contributed by atoms with E-state index >= 15 is 0 Å². The third kappa shape index (κ3) is 7.92. The highest BCUT2D eigenvalue weighted by Crippen LogP contribution is 2.29. The second-order valence-corrected chi connectivity index (χ2v) is 11.6. The first-order valence-corrected chi connectivity index (χ1v) is 14.2. The number of halogens is 2. The number of carbonyl (C=O) groups excluding carboxylic acids is 1. The van der Waals surface area contributed by atoms with Gasteiger partial charge in [-0.25, -0.2) is 17.4 Å². The number of anilines is 1. The molecule has 0 fully saturated rings. The molecule has 0 radical (unpaired) electrons. The summed E-state index contributed by atoms with van der Waals surface area (Å²) in [6.45, 7) is 1.37. The van der Waals surface area contributed by atoms with Crippen LogP contribution in [0.1, 0.15) is 29.7 Å². The number of urea groups is 1. The molecule has 192 valence electrons. The van der Waals surface area contributed by atoms with E-state index in [1.165, 1.54) is 48.5 Å². The molecule has 1 atom stereocenters. The van der Waals surface area contributed by atoms with Crippen molar-refractivity contribution in [1.29, 1.82) is 0 Å². The third-order valence-corrected chi connectivity index (χ3v) is 7.97. The minimum Gasteiger partial charge on any atom is -0.331 e. The molecule has 2 amide bonds. The van der Waals surface area contributed by atoms with Gasteiger partial charge in [0.15, 0.2) is 9.84 Å². The summed E-state index contributed by atoms with van der Waals surface area (Å²) < 4.78 is 59.8. The molecule has 0 aliphatic heterocycles. The zero-order valence-electron chi connectivity index (χ0n) is 18.8. The monoisotopic (exact) mass is 572 g/mol. The van der Waals surface area contributed by atoms with Crippen molar-refractivity contribution in [3.05, 3.63) is 93.5 Å². The maximum atomic E-state index is 12.8.